The molecule has 2 heterocycles. The van der Waals surface area contributed by atoms with E-state index in [1.807, 2.05) is 0 Å². The van der Waals surface area contributed by atoms with Gasteiger partial charge in [-0.3, -0.25) is 4.98 Å². The van der Waals surface area contributed by atoms with Crippen molar-refractivity contribution in [3.05, 3.63) is 18.1 Å². The van der Waals surface area contributed by atoms with E-state index in [9.17, 15) is 0 Å². The van der Waals surface area contributed by atoms with Gasteiger partial charge in [-0.2, -0.15) is 0 Å². The molecule has 0 saturated carbocycles. The van der Waals surface area contributed by atoms with Crippen LogP contribution in [-0.2, 0) is 6.61 Å². The summed E-state index contributed by atoms with van der Waals surface area (Å²) in [6.07, 6.45) is 6.98. The maximum atomic E-state index is 9.07. The molecule has 1 N–H and O–H groups in total. The number of hydrogen-bond acceptors (Lipinski definition) is 4. The zero-order valence-corrected chi connectivity index (χ0v) is 9.93. The van der Waals surface area contributed by atoms with E-state index >= 15 is 0 Å². The summed E-state index contributed by atoms with van der Waals surface area (Å²) in [5.41, 5.74) is 0.645. The lowest BCUT2D eigenvalue weighted by Gasteiger charge is -2.28. The van der Waals surface area contributed by atoms with Gasteiger partial charge in [-0.15, -0.1) is 0 Å². The quantitative estimate of drug-likeness (QED) is 0.844. The highest BCUT2D eigenvalue weighted by Crippen LogP contribution is 2.30. The number of anilines is 1. The van der Waals surface area contributed by atoms with E-state index < -0.39 is 0 Å². The second-order valence-electron chi connectivity index (χ2n) is 4.42. The Hall–Kier alpha value is -1.16. The molecule has 2 atom stereocenters. The van der Waals surface area contributed by atoms with Crippen LogP contribution in [0.5, 0.6) is 0 Å². The number of aliphatic hydroxyl groups is 1. The maximum absolute atomic E-state index is 9.07. The van der Waals surface area contributed by atoms with Gasteiger partial charge >= 0.3 is 0 Å². The minimum atomic E-state index is -0.0418. The number of nitrogens with zero attached hydrogens (tertiary/aromatic N) is 3. The van der Waals surface area contributed by atoms with Crippen molar-refractivity contribution in [1.29, 1.82) is 0 Å². The molecule has 1 fully saturated rings. The summed E-state index contributed by atoms with van der Waals surface area (Å²) in [5.74, 6) is 0.906. The molecule has 0 aromatic carbocycles. The Labute approximate surface area is 96.3 Å². The monoisotopic (exact) mass is 221 g/mol. The largest absolute Gasteiger partial charge is 0.390 e. The van der Waals surface area contributed by atoms with Crippen molar-refractivity contribution >= 4 is 5.82 Å². The molecule has 1 saturated heterocycles. The molecular formula is C12H19N3O. The standard InChI is InChI=1S/C12H19N3O/c1-3-11-5-4-9(2)15(11)12-7-13-6-10(8-16)14-12/h6-7,9,11,16H,3-5,8H2,1-2H3. The first-order valence-electron chi connectivity index (χ1n) is 5.96. The summed E-state index contributed by atoms with van der Waals surface area (Å²) in [6, 6.07) is 1.09. The van der Waals surface area contributed by atoms with E-state index in [1.165, 1.54) is 12.8 Å². The molecule has 2 unspecified atom stereocenters. The zero-order valence-electron chi connectivity index (χ0n) is 9.93. The Bertz CT molecular complexity index is 356. The Morgan fingerprint density at radius 2 is 2.25 bits per heavy atom. The number of rotatable bonds is 3. The summed E-state index contributed by atoms with van der Waals surface area (Å²) in [6.45, 7) is 4.39. The van der Waals surface area contributed by atoms with Crippen molar-refractivity contribution in [2.75, 3.05) is 4.90 Å². The lowest BCUT2D eigenvalue weighted by atomic mass is 10.1. The molecule has 0 amide bonds. The van der Waals surface area contributed by atoms with Gasteiger partial charge in [0.2, 0.25) is 0 Å². The van der Waals surface area contributed by atoms with Crippen LogP contribution in [0, 0.1) is 0 Å². The van der Waals surface area contributed by atoms with E-state index in [4.69, 9.17) is 5.11 Å². The second-order valence-corrected chi connectivity index (χ2v) is 4.42. The van der Waals surface area contributed by atoms with Crippen molar-refractivity contribution in [3.63, 3.8) is 0 Å². The normalized spacial score (nSPS) is 25.1. The topological polar surface area (TPSA) is 49.2 Å². The van der Waals surface area contributed by atoms with Gasteiger partial charge in [0.05, 0.1) is 24.7 Å². The Morgan fingerprint density at radius 3 is 2.94 bits per heavy atom. The van der Waals surface area contributed by atoms with Crippen LogP contribution in [-0.4, -0.2) is 27.2 Å². The van der Waals surface area contributed by atoms with Gasteiger partial charge < -0.3 is 10.0 Å². The van der Waals surface area contributed by atoms with Crippen LogP contribution in [0.2, 0.25) is 0 Å². The minimum Gasteiger partial charge on any atom is -0.390 e. The number of aromatic nitrogens is 2. The average Bonchev–Trinajstić information content (AvgIpc) is 2.70. The fourth-order valence-electron chi connectivity index (χ4n) is 2.48. The summed E-state index contributed by atoms with van der Waals surface area (Å²) in [5, 5.41) is 9.07. The third-order valence-electron chi connectivity index (χ3n) is 3.36. The molecule has 0 radical (unpaired) electrons. The summed E-state index contributed by atoms with van der Waals surface area (Å²) >= 11 is 0. The Morgan fingerprint density at radius 1 is 1.44 bits per heavy atom. The molecule has 0 bridgehead atoms. The lowest BCUT2D eigenvalue weighted by molar-refractivity contribution is 0.276. The van der Waals surface area contributed by atoms with Crippen molar-refractivity contribution in [3.8, 4) is 0 Å². The highest BCUT2D eigenvalue weighted by Gasteiger charge is 2.30. The third-order valence-corrected chi connectivity index (χ3v) is 3.36. The van der Waals surface area contributed by atoms with Gasteiger partial charge in [-0.05, 0) is 26.2 Å². The molecule has 4 heteroatoms. The number of aliphatic hydroxyl groups excluding tert-OH is 1. The van der Waals surface area contributed by atoms with Crippen LogP contribution in [0.25, 0.3) is 0 Å². The van der Waals surface area contributed by atoms with Crippen LogP contribution in [0.4, 0.5) is 5.82 Å². The average molecular weight is 221 g/mol. The minimum absolute atomic E-state index is 0.0418. The van der Waals surface area contributed by atoms with Crippen molar-refractivity contribution < 1.29 is 5.11 Å². The van der Waals surface area contributed by atoms with E-state index in [0.717, 1.165) is 12.2 Å². The van der Waals surface area contributed by atoms with E-state index in [0.29, 0.717) is 17.8 Å². The lowest BCUT2D eigenvalue weighted by Crippen LogP contribution is -2.35. The SMILES string of the molecule is CCC1CCC(C)N1c1cncc(CO)n1. The summed E-state index contributed by atoms with van der Waals surface area (Å²) in [4.78, 5) is 10.9. The maximum Gasteiger partial charge on any atom is 0.147 e. The third kappa shape index (κ3) is 2.02. The van der Waals surface area contributed by atoms with Crippen LogP contribution < -0.4 is 4.90 Å². The van der Waals surface area contributed by atoms with E-state index in [2.05, 4.69) is 28.7 Å². The summed E-state index contributed by atoms with van der Waals surface area (Å²) in [7, 11) is 0. The summed E-state index contributed by atoms with van der Waals surface area (Å²) < 4.78 is 0. The molecule has 1 aromatic heterocycles. The van der Waals surface area contributed by atoms with E-state index in [1.54, 1.807) is 12.4 Å². The van der Waals surface area contributed by atoms with Gasteiger partial charge in [-0.1, -0.05) is 6.92 Å². The Balaban J connectivity index is 2.27. The van der Waals surface area contributed by atoms with Crippen molar-refractivity contribution in [1.82, 2.24) is 9.97 Å². The van der Waals surface area contributed by atoms with Gasteiger partial charge in [0, 0.05) is 12.1 Å². The van der Waals surface area contributed by atoms with Crippen LogP contribution in [0.1, 0.15) is 38.8 Å². The van der Waals surface area contributed by atoms with E-state index in [-0.39, 0.29) is 6.61 Å². The molecule has 0 aliphatic carbocycles. The highest BCUT2D eigenvalue weighted by molar-refractivity contribution is 5.40. The van der Waals surface area contributed by atoms with Gasteiger partial charge in [0.15, 0.2) is 0 Å². The molecule has 1 aliphatic heterocycles. The van der Waals surface area contributed by atoms with Gasteiger partial charge in [-0.25, -0.2) is 4.98 Å². The first kappa shape index (κ1) is 11.3. The second kappa shape index (κ2) is 4.78. The first-order valence-corrected chi connectivity index (χ1v) is 5.96. The predicted octanol–water partition coefficient (Wildman–Crippen LogP) is 1.74. The molecule has 4 nitrogen and oxygen atoms in total. The van der Waals surface area contributed by atoms with Crippen LogP contribution >= 0.6 is 0 Å². The number of hydrogen-bond donors (Lipinski definition) is 1. The zero-order chi connectivity index (χ0) is 11.5. The van der Waals surface area contributed by atoms with Crippen molar-refractivity contribution in [2.24, 2.45) is 0 Å². The smallest absolute Gasteiger partial charge is 0.147 e. The molecule has 0 spiro atoms. The van der Waals surface area contributed by atoms with Crippen molar-refractivity contribution in [2.45, 2.75) is 51.8 Å². The molecule has 2 rings (SSSR count). The van der Waals surface area contributed by atoms with Gasteiger partial charge in [0.25, 0.3) is 0 Å². The van der Waals surface area contributed by atoms with Crippen LogP contribution in [0.3, 0.4) is 0 Å². The Kier molecular flexibility index (Phi) is 3.39. The molecule has 88 valence electrons. The molecule has 1 aromatic rings. The molecule has 16 heavy (non-hydrogen) atoms. The fourth-order valence-corrected chi connectivity index (χ4v) is 2.48. The predicted molar refractivity (Wildman–Crippen MR) is 63.2 cm³/mol. The fraction of sp³-hybridized carbons (Fsp3) is 0.667. The molecular weight excluding hydrogens is 202 g/mol. The molecule has 1 aliphatic rings. The van der Waals surface area contributed by atoms with Gasteiger partial charge in [0.1, 0.15) is 5.82 Å². The highest BCUT2D eigenvalue weighted by atomic mass is 16.3. The van der Waals surface area contributed by atoms with Crippen LogP contribution in [0.15, 0.2) is 12.4 Å². The first-order chi connectivity index (χ1) is 7.76.